The van der Waals surface area contributed by atoms with Gasteiger partial charge < -0.3 is 10.1 Å². The molecule has 0 amide bonds. The number of rotatable bonds is 2. The minimum absolute atomic E-state index is 0.284. The highest BCUT2D eigenvalue weighted by Crippen LogP contribution is 2.27. The zero-order valence-electron chi connectivity index (χ0n) is 9.80. The summed E-state index contributed by atoms with van der Waals surface area (Å²) in [6.07, 6.45) is 6.02. The van der Waals surface area contributed by atoms with Gasteiger partial charge in [0.05, 0.1) is 5.52 Å². The van der Waals surface area contributed by atoms with E-state index in [4.69, 9.17) is 0 Å². The van der Waals surface area contributed by atoms with E-state index in [2.05, 4.69) is 23.2 Å². The van der Waals surface area contributed by atoms with E-state index in [0.717, 1.165) is 22.0 Å². The van der Waals surface area contributed by atoms with Gasteiger partial charge in [-0.2, -0.15) is 0 Å². The Morgan fingerprint density at radius 2 is 1.72 bits per heavy atom. The number of phenolic OH excluding ortho intramolecular Hbond substituents is 1. The van der Waals surface area contributed by atoms with Gasteiger partial charge in [-0.3, -0.25) is 0 Å². The molecule has 0 aliphatic heterocycles. The number of fused-ring (bicyclic) bond motifs is 1. The topological polar surface area (TPSA) is 36.0 Å². The molecule has 0 saturated heterocycles. The second-order valence-corrected chi connectivity index (χ2v) is 4.19. The van der Waals surface area contributed by atoms with Crippen molar-refractivity contribution in [2.45, 2.75) is 0 Å². The number of H-pyrrole nitrogens is 1. The smallest absolute Gasteiger partial charge is 0.139 e. The van der Waals surface area contributed by atoms with Crippen LogP contribution >= 0.6 is 0 Å². The molecule has 0 atom stereocenters. The zero-order valence-corrected chi connectivity index (χ0v) is 9.80. The zero-order chi connectivity index (χ0) is 12.4. The van der Waals surface area contributed by atoms with Crippen LogP contribution < -0.4 is 0 Å². The second kappa shape index (κ2) is 4.41. The maximum absolute atomic E-state index is 9.71. The molecule has 2 N–H and O–H groups in total. The fourth-order valence-electron chi connectivity index (χ4n) is 2.05. The Hall–Kier alpha value is -2.48. The van der Waals surface area contributed by atoms with Crippen molar-refractivity contribution in [1.82, 2.24) is 4.98 Å². The molecule has 3 aromatic rings. The van der Waals surface area contributed by atoms with Gasteiger partial charge in [-0.15, -0.1) is 0 Å². The van der Waals surface area contributed by atoms with Gasteiger partial charge in [0.25, 0.3) is 0 Å². The van der Waals surface area contributed by atoms with Crippen molar-refractivity contribution in [3.05, 3.63) is 65.9 Å². The van der Waals surface area contributed by atoms with Crippen LogP contribution in [-0.2, 0) is 0 Å². The molecule has 0 saturated carbocycles. The lowest BCUT2D eigenvalue weighted by Crippen LogP contribution is -1.71. The van der Waals surface area contributed by atoms with Crippen LogP contribution in [0, 0.1) is 0 Å². The Morgan fingerprint density at radius 1 is 0.889 bits per heavy atom. The van der Waals surface area contributed by atoms with E-state index < -0.39 is 0 Å². The van der Waals surface area contributed by atoms with Gasteiger partial charge in [0, 0.05) is 11.6 Å². The monoisotopic (exact) mass is 235 g/mol. The highest BCUT2D eigenvalue weighted by Gasteiger charge is 2.03. The molecule has 0 unspecified atom stereocenters. The minimum atomic E-state index is 0.284. The third-order valence-electron chi connectivity index (χ3n) is 2.98. The first-order chi connectivity index (χ1) is 8.84. The van der Waals surface area contributed by atoms with E-state index in [1.807, 2.05) is 42.6 Å². The average Bonchev–Trinajstić information content (AvgIpc) is 2.82. The van der Waals surface area contributed by atoms with Crippen molar-refractivity contribution in [1.29, 1.82) is 0 Å². The number of aromatic hydroxyl groups is 1. The molecule has 0 aliphatic rings. The molecule has 2 heteroatoms. The van der Waals surface area contributed by atoms with Crippen LogP contribution in [0.1, 0.15) is 11.1 Å². The summed E-state index contributed by atoms with van der Waals surface area (Å²) >= 11 is 0. The number of hydrogen-bond donors (Lipinski definition) is 2. The summed E-state index contributed by atoms with van der Waals surface area (Å²) in [5, 5.41) is 10.7. The largest absolute Gasteiger partial charge is 0.506 e. The van der Waals surface area contributed by atoms with E-state index in [0.29, 0.717) is 0 Å². The highest BCUT2D eigenvalue weighted by molar-refractivity contribution is 5.94. The van der Waals surface area contributed by atoms with E-state index in [1.165, 1.54) is 0 Å². The second-order valence-electron chi connectivity index (χ2n) is 4.19. The van der Waals surface area contributed by atoms with Gasteiger partial charge >= 0.3 is 0 Å². The maximum Gasteiger partial charge on any atom is 0.139 e. The van der Waals surface area contributed by atoms with Crippen molar-refractivity contribution in [3.63, 3.8) is 0 Å². The number of benzene rings is 2. The van der Waals surface area contributed by atoms with Crippen LogP contribution in [0.3, 0.4) is 0 Å². The number of aromatic nitrogens is 1. The Morgan fingerprint density at radius 3 is 2.56 bits per heavy atom. The molecule has 18 heavy (non-hydrogen) atoms. The van der Waals surface area contributed by atoms with Crippen LogP contribution in [0.2, 0.25) is 0 Å². The number of para-hydroxylation sites is 1. The van der Waals surface area contributed by atoms with Crippen LogP contribution in [0.25, 0.3) is 23.1 Å². The molecule has 0 aliphatic carbocycles. The molecule has 2 nitrogen and oxygen atoms in total. The van der Waals surface area contributed by atoms with Crippen molar-refractivity contribution in [3.8, 4) is 5.75 Å². The first-order valence-electron chi connectivity index (χ1n) is 5.87. The fourth-order valence-corrected chi connectivity index (χ4v) is 2.05. The number of hydrogen-bond acceptors (Lipinski definition) is 1. The molecule has 0 bridgehead atoms. The van der Waals surface area contributed by atoms with Crippen molar-refractivity contribution in [2.75, 3.05) is 0 Å². The number of phenols is 1. The third-order valence-corrected chi connectivity index (χ3v) is 2.98. The summed E-state index contributed by atoms with van der Waals surface area (Å²) in [4.78, 5) is 3.09. The van der Waals surface area contributed by atoms with E-state index in [9.17, 15) is 5.11 Å². The Kier molecular flexibility index (Phi) is 2.61. The minimum Gasteiger partial charge on any atom is -0.506 e. The first kappa shape index (κ1) is 10.7. The van der Waals surface area contributed by atoms with Crippen LogP contribution in [0.5, 0.6) is 5.75 Å². The third kappa shape index (κ3) is 1.89. The predicted octanol–water partition coefficient (Wildman–Crippen LogP) is 4.04. The molecule has 0 radical (unpaired) electrons. The van der Waals surface area contributed by atoms with Crippen molar-refractivity contribution >= 4 is 23.1 Å². The average molecular weight is 235 g/mol. The Balaban J connectivity index is 2.01. The Labute approximate surface area is 105 Å². The summed E-state index contributed by atoms with van der Waals surface area (Å²) in [6.45, 7) is 0. The summed E-state index contributed by atoms with van der Waals surface area (Å²) in [5.74, 6) is 0.284. The molecule has 1 heterocycles. The highest BCUT2D eigenvalue weighted by atomic mass is 16.3. The SMILES string of the molecule is Oc1cccc2c(C=Cc3ccccc3)c[nH]c12. The molecule has 2 aromatic carbocycles. The normalized spacial score (nSPS) is 11.3. The van der Waals surface area contributed by atoms with Gasteiger partial charge in [0.15, 0.2) is 0 Å². The molecule has 1 aromatic heterocycles. The quantitative estimate of drug-likeness (QED) is 0.690. The molecule has 3 rings (SSSR count). The van der Waals surface area contributed by atoms with Gasteiger partial charge in [-0.1, -0.05) is 54.6 Å². The van der Waals surface area contributed by atoms with Crippen LogP contribution in [0.4, 0.5) is 0 Å². The predicted molar refractivity (Wildman–Crippen MR) is 75.3 cm³/mol. The van der Waals surface area contributed by atoms with Crippen LogP contribution in [0.15, 0.2) is 54.7 Å². The summed E-state index contributed by atoms with van der Waals surface area (Å²) in [5.41, 5.74) is 3.02. The summed E-state index contributed by atoms with van der Waals surface area (Å²) < 4.78 is 0. The molecule has 0 fully saturated rings. The fraction of sp³-hybridized carbons (Fsp3) is 0. The number of nitrogens with one attached hydrogen (secondary N) is 1. The lowest BCUT2D eigenvalue weighted by Gasteiger charge is -1.95. The van der Waals surface area contributed by atoms with Crippen LogP contribution in [-0.4, -0.2) is 10.1 Å². The van der Waals surface area contributed by atoms with Gasteiger partial charge in [-0.25, -0.2) is 0 Å². The molecular weight excluding hydrogens is 222 g/mol. The first-order valence-corrected chi connectivity index (χ1v) is 5.87. The molecule has 88 valence electrons. The van der Waals surface area contributed by atoms with Crippen molar-refractivity contribution in [2.24, 2.45) is 0 Å². The lowest BCUT2D eigenvalue weighted by molar-refractivity contribution is 0.480. The van der Waals surface area contributed by atoms with Gasteiger partial charge in [0.2, 0.25) is 0 Å². The summed E-state index contributed by atoms with van der Waals surface area (Å²) in [7, 11) is 0. The lowest BCUT2D eigenvalue weighted by atomic mass is 10.1. The number of aromatic amines is 1. The standard InChI is InChI=1S/C16H13NO/c18-15-8-4-7-14-13(11-17-16(14)15)10-9-12-5-2-1-3-6-12/h1-11,17-18H. The van der Waals surface area contributed by atoms with E-state index in [1.54, 1.807) is 6.07 Å². The van der Waals surface area contributed by atoms with Gasteiger partial charge in [-0.05, 0) is 17.2 Å². The molecular formula is C16H13NO. The van der Waals surface area contributed by atoms with Crippen molar-refractivity contribution < 1.29 is 5.11 Å². The maximum atomic E-state index is 9.71. The molecule has 0 spiro atoms. The van der Waals surface area contributed by atoms with Gasteiger partial charge in [0.1, 0.15) is 5.75 Å². The van der Waals surface area contributed by atoms with E-state index >= 15 is 0 Å². The Bertz CT molecular complexity index is 695. The summed E-state index contributed by atoms with van der Waals surface area (Å²) in [6, 6.07) is 15.7. The van der Waals surface area contributed by atoms with E-state index in [-0.39, 0.29) is 5.75 Å².